The molecule has 0 unspecified atom stereocenters. The van der Waals surface area contributed by atoms with Crippen molar-refractivity contribution >= 4 is 35.4 Å². The maximum Gasteiger partial charge on any atom is 0.226 e. The summed E-state index contributed by atoms with van der Waals surface area (Å²) in [6.45, 7) is 6.97. The zero-order valence-corrected chi connectivity index (χ0v) is 17.4. The zero-order valence-electron chi connectivity index (χ0n) is 15.7. The van der Waals surface area contributed by atoms with Crippen LogP contribution in [0.1, 0.15) is 38.8 Å². The molecule has 0 radical (unpaired) electrons. The van der Waals surface area contributed by atoms with Gasteiger partial charge in [0.2, 0.25) is 11.9 Å². The van der Waals surface area contributed by atoms with Gasteiger partial charge in [-0.2, -0.15) is 19.9 Å². The normalized spacial score (nSPS) is 10.8. The monoisotopic (exact) mass is 394 g/mol. The van der Waals surface area contributed by atoms with E-state index in [0.717, 1.165) is 59.3 Å². The van der Waals surface area contributed by atoms with Gasteiger partial charge < -0.3 is 10.6 Å². The fraction of sp³-hybridized carbons (Fsp3) is 0.625. The average Bonchev–Trinajstić information content (AvgIpc) is 2.65. The van der Waals surface area contributed by atoms with Crippen LogP contribution in [0.2, 0.25) is 0 Å². The first-order valence-electron chi connectivity index (χ1n) is 8.85. The highest BCUT2D eigenvalue weighted by molar-refractivity contribution is 7.99. The largest absolute Gasteiger partial charge is 0.357 e. The van der Waals surface area contributed by atoms with Crippen molar-refractivity contribution < 1.29 is 0 Å². The first kappa shape index (κ1) is 20.6. The van der Waals surface area contributed by atoms with Gasteiger partial charge in [0, 0.05) is 26.4 Å². The molecule has 0 bridgehead atoms. The lowest BCUT2D eigenvalue weighted by molar-refractivity contribution is 0.746. The molecule has 2 aromatic rings. The third-order valence-corrected chi connectivity index (χ3v) is 4.73. The van der Waals surface area contributed by atoms with Gasteiger partial charge in [0.15, 0.2) is 10.3 Å². The number of thioether (sulfide) groups is 2. The molecule has 0 atom stereocenters. The number of nitrogens with zero attached hydrogens (tertiary/aromatic N) is 6. The molecule has 0 spiro atoms. The molecule has 142 valence electrons. The molecule has 0 amide bonds. The van der Waals surface area contributed by atoms with Crippen molar-refractivity contribution in [3.8, 4) is 0 Å². The number of aromatic nitrogens is 6. The van der Waals surface area contributed by atoms with E-state index in [1.54, 1.807) is 23.5 Å². The standard InChI is InChI=1S/C16H26N8S2/c1-5-11-19-14(24-15(21-11)25-6-2)18-10-8-9-12-20-13(17-4)23-16(22-12)26-7-3/h5-10H2,1-4H3,(H,17,20,22,23)(H,18,19,21,24). The van der Waals surface area contributed by atoms with E-state index in [1.807, 2.05) is 14.0 Å². The van der Waals surface area contributed by atoms with E-state index in [2.05, 4.69) is 54.4 Å². The highest BCUT2D eigenvalue weighted by atomic mass is 32.2. The Morgan fingerprint density at radius 2 is 1.38 bits per heavy atom. The van der Waals surface area contributed by atoms with Crippen molar-refractivity contribution in [1.29, 1.82) is 0 Å². The third-order valence-electron chi connectivity index (χ3n) is 3.27. The van der Waals surface area contributed by atoms with Gasteiger partial charge in [-0.25, -0.2) is 9.97 Å². The molecule has 2 aromatic heterocycles. The van der Waals surface area contributed by atoms with Crippen molar-refractivity contribution in [1.82, 2.24) is 29.9 Å². The second-order valence-corrected chi connectivity index (χ2v) is 7.68. The van der Waals surface area contributed by atoms with Crippen LogP contribution < -0.4 is 10.6 Å². The van der Waals surface area contributed by atoms with Crippen LogP contribution in [0.4, 0.5) is 11.9 Å². The average molecular weight is 395 g/mol. The van der Waals surface area contributed by atoms with Gasteiger partial charge in [0.25, 0.3) is 0 Å². The Balaban J connectivity index is 1.92. The van der Waals surface area contributed by atoms with Crippen LogP contribution in [0.15, 0.2) is 10.3 Å². The Bertz CT molecular complexity index is 638. The predicted molar refractivity (Wildman–Crippen MR) is 108 cm³/mol. The van der Waals surface area contributed by atoms with Crippen molar-refractivity contribution in [2.75, 3.05) is 35.7 Å². The van der Waals surface area contributed by atoms with E-state index in [4.69, 9.17) is 0 Å². The topological polar surface area (TPSA) is 101 Å². The van der Waals surface area contributed by atoms with E-state index in [-0.39, 0.29) is 0 Å². The molecule has 0 fully saturated rings. The second-order valence-electron chi connectivity index (χ2n) is 5.22. The van der Waals surface area contributed by atoms with Gasteiger partial charge >= 0.3 is 0 Å². The fourth-order valence-electron chi connectivity index (χ4n) is 2.09. The highest BCUT2D eigenvalue weighted by Crippen LogP contribution is 2.15. The second kappa shape index (κ2) is 11.1. The summed E-state index contributed by atoms with van der Waals surface area (Å²) < 4.78 is 0. The number of rotatable bonds is 11. The van der Waals surface area contributed by atoms with Crippen LogP contribution in [0, 0.1) is 0 Å². The number of hydrogen-bond donors (Lipinski definition) is 2. The lowest BCUT2D eigenvalue weighted by Crippen LogP contribution is -2.11. The minimum absolute atomic E-state index is 0.616. The quantitative estimate of drug-likeness (QED) is 0.437. The molecule has 0 aliphatic carbocycles. The smallest absolute Gasteiger partial charge is 0.226 e. The van der Waals surface area contributed by atoms with Gasteiger partial charge in [-0.1, -0.05) is 44.3 Å². The first-order chi connectivity index (χ1) is 12.7. The van der Waals surface area contributed by atoms with Crippen LogP contribution >= 0.6 is 23.5 Å². The molecular formula is C16H26N8S2. The van der Waals surface area contributed by atoms with Crippen molar-refractivity contribution in [3.05, 3.63) is 11.6 Å². The molecule has 2 heterocycles. The minimum atomic E-state index is 0.616. The number of anilines is 2. The number of nitrogens with one attached hydrogen (secondary N) is 2. The molecule has 0 saturated carbocycles. The Labute approximate surface area is 163 Å². The van der Waals surface area contributed by atoms with Crippen LogP contribution in [0.3, 0.4) is 0 Å². The van der Waals surface area contributed by atoms with Gasteiger partial charge in [-0.15, -0.1) is 0 Å². The summed E-state index contributed by atoms with van der Waals surface area (Å²) in [4.78, 5) is 26.6. The Morgan fingerprint density at radius 1 is 0.769 bits per heavy atom. The van der Waals surface area contributed by atoms with Crippen LogP contribution in [0.25, 0.3) is 0 Å². The Hall–Kier alpha value is -1.68. The molecule has 2 rings (SSSR count). The van der Waals surface area contributed by atoms with Crippen LogP contribution in [-0.2, 0) is 12.8 Å². The van der Waals surface area contributed by atoms with E-state index in [0.29, 0.717) is 11.9 Å². The fourth-order valence-corrected chi connectivity index (χ4v) is 3.25. The van der Waals surface area contributed by atoms with E-state index < -0.39 is 0 Å². The number of hydrogen-bond acceptors (Lipinski definition) is 10. The molecule has 0 aliphatic rings. The number of aryl methyl sites for hydroxylation is 2. The van der Waals surface area contributed by atoms with Gasteiger partial charge in [-0.3, -0.25) is 0 Å². The minimum Gasteiger partial charge on any atom is -0.357 e. The summed E-state index contributed by atoms with van der Waals surface area (Å²) in [5, 5.41) is 7.82. The SMILES string of the molecule is CCSc1nc(CCCNc2nc(CC)nc(SCC)n2)nc(NC)n1. The van der Waals surface area contributed by atoms with Crippen molar-refractivity contribution in [2.24, 2.45) is 0 Å². The molecule has 0 saturated heterocycles. The molecular weight excluding hydrogens is 368 g/mol. The van der Waals surface area contributed by atoms with E-state index in [9.17, 15) is 0 Å². The Kier molecular flexibility index (Phi) is 8.82. The molecule has 2 N–H and O–H groups in total. The molecule has 0 aromatic carbocycles. The van der Waals surface area contributed by atoms with Gasteiger partial charge in [-0.05, 0) is 17.9 Å². The summed E-state index contributed by atoms with van der Waals surface area (Å²) in [5.74, 6) is 4.75. The molecule has 8 nitrogen and oxygen atoms in total. The summed E-state index contributed by atoms with van der Waals surface area (Å²) in [7, 11) is 1.82. The summed E-state index contributed by atoms with van der Waals surface area (Å²) >= 11 is 3.25. The van der Waals surface area contributed by atoms with Crippen molar-refractivity contribution in [3.63, 3.8) is 0 Å². The maximum absolute atomic E-state index is 4.51. The lowest BCUT2D eigenvalue weighted by Gasteiger charge is -2.08. The summed E-state index contributed by atoms with van der Waals surface area (Å²) in [5.41, 5.74) is 0. The Morgan fingerprint density at radius 3 is 2.00 bits per heavy atom. The lowest BCUT2D eigenvalue weighted by atomic mass is 10.3. The zero-order chi connectivity index (χ0) is 18.8. The molecule has 0 aliphatic heterocycles. The van der Waals surface area contributed by atoms with E-state index >= 15 is 0 Å². The predicted octanol–water partition coefficient (Wildman–Crippen LogP) is 2.93. The van der Waals surface area contributed by atoms with Gasteiger partial charge in [0.1, 0.15) is 11.6 Å². The molecule has 26 heavy (non-hydrogen) atoms. The van der Waals surface area contributed by atoms with Crippen LogP contribution in [-0.4, -0.2) is 55.0 Å². The van der Waals surface area contributed by atoms with Gasteiger partial charge in [0.05, 0.1) is 0 Å². The maximum atomic E-state index is 4.51. The third kappa shape index (κ3) is 6.56. The highest BCUT2D eigenvalue weighted by Gasteiger charge is 2.07. The molecule has 10 heteroatoms. The summed E-state index contributed by atoms with van der Waals surface area (Å²) in [6, 6.07) is 0. The first-order valence-corrected chi connectivity index (χ1v) is 10.8. The van der Waals surface area contributed by atoms with Crippen LogP contribution in [0.5, 0.6) is 0 Å². The van der Waals surface area contributed by atoms with Crippen molar-refractivity contribution in [2.45, 2.75) is 50.3 Å². The van der Waals surface area contributed by atoms with E-state index in [1.165, 1.54) is 0 Å². The summed E-state index contributed by atoms with van der Waals surface area (Å²) in [6.07, 6.45) is 2.44.